The molecule has 0 aromatic heterocycles. The van der Waals surface area contributed by atoms with Gasteiger partial charge in [0.1, 0.15) is 6.10 Å². The minimum atomic E-state index is -0.337. The summed E-state index contributed by atoms with van der Waals surface area (Å²) < 4.78 is 24.5. The second-order valence-electron chi connectivity index (χ2n) is 5.72. The molecule has 108 valence electrons. The first kappa shape index (κ1) is 15.9. The van der Waals surface area contributed by atoms with Crippen molar-refractivity contribution >= 4 is 0 Å². The second kappa shape index (κ2) is 6.87. The molecule has 0 fully saturated rings. The van der Waals surface area contributed by atoms with E-state index in [4.69, 9.17) is 9.47 Å². The van der Waals surface area contributed by atoms with Crippen molar-refractivity contribution in [3.05, 3.63) is 29.6 Å². The van der Waals surface area contributed by atoms with Gasteiger partial charge in [-0.2, -0.15) is 0 Å². The van der Waals surface area contributed by atoms with Crippen LogP contribution in [0.2, 0.25) is 0 Å². The van der Waals surface area contributed by atoms with Gasteiger partial charge in [0.15, 0.2) is 11.6 Å². The van der Waals surface area contributed by atoms with E-state index in [0.717, 1.165) is 5.56 Å². The molecule has 1 N–H and O–H groups in total. The standard InChI is InChI=1S/C15H24FNO2/c1-11(10-18-5)19-14-12(7-6-8-13(14)16)9-17-15(2,3)4/h6-8,11,17H,9-10H2,1-5H3. The number of nitrogens with one attached hydrogen (secondary N) is 1. The Morgan fingerprint density at radius 3 is 2.58 bits per heavy atom. The zero-order valence-electron chi connectivity index (χ0n) is 12.4. The summed E-state index contributed by atoms with van der Waals surface area (Å²) >= 11 is 0. The van der Waals surface area contributed by atoms with Gasteiger partial charge in [0.05, 0.1) is 6.61 Å². The summed E-state index contributed by atoms with van der Waals surface area (Å²) in [5.41, 5.74) is 0.791. The molecular formula is C15H24FNO2. The van der Waals surface area contributed by atoms with Gasteiger partial charge in [-0.3, -0.25) is 0 Å². The maximum atomic E-state index is 13.9. The molecule has 0 heterocycles. The number of hydrogen-bond acceptors (Lipinski definition) is 3. The van der Waals surface area contributed by atoms with Gasteiger partial charge in [-0.1, -0.05) is 12.1 Å². The fourth-order valence-corrected chi connectivity index (χ4v) is 1.65. The predicted molar refractivity (Wildman–Crippen MR) is 75.0 cm³/mol. The highest BCUT2D eigenvalue weighted by atomic mass is 19.1. The highest BCUT2D eigenvalue weighted by Gasteiger charge is 2.15. The van der Waals surface area contributed by atoms with Gasteiger partial charge < -0.3 is 14.8 Å². The number of hydrogen-bond donors (Lipinski definition) is 1. The summed E-state index contributed by atoms with van der Waals surface area (Å²) in [6, 6.07) is 4.98. The van der Waals surface area contributed by atoms with E-state index in [9.17, 15) is 4.39 Å². The zero-order valence-corrected chi connectivity index (χ0v) is 12.4. The molecule has 0 saturated heterocycles. The Morgan fingerprint density at radius 1 is 1.32 bits per heavy atom. The van der Waals surface area contributed by atoms with Crippen molar-refractivity contribution in [3.8, 4) is 5.75 Å². The Labute approximate surface area is 115 Å². The Kier molecular flexibility index (Phi) is 5.76. The van der Waals surface area contributed by atoms with Crippen molar-refractivity contribution in [3.63, 3.8) is 0 Å². The van der Waals surface area contributed by atoms with Crippen LogP contribution in [0.3, 0.4) is 0 Å². The molecule has 1 unspecified atom stereocenters. The van der Waals surface area contributed by atoms with Crippen LogP contribution in [0.1, 0.15) is 33.3 Å². The number of para-hydroxylation sites is 1. The third-order valence-electron chi connectivity index (χ3n) is 2.58. The Balaban J connectivity index is 2.83. The highest BCUT2D eigenvalue weighted by molar-refractivity contribution is 5.35. The summed E-state index contributed by atoms with van der Waals surface area (Å²) in [6.45, 7) is 9.06. The minimum absolute atomic E-state index is 0.0261. The first-order valence-corrected chi connectivity index (χ1v) is 6.51. The molecular weight excluding hydrogens is 245 g/mol. The van der Waals surface area contributed by atoms with Crippen molar-refractivity contribution in [2.45, 2.75) is 45.9 Å². The second-order valence-corrected chi connectivity index (χ2v) is 5.72. The fraction of sp³-hybridized carbons (Fsp3) is 0.600. The molecule has 1 atom stereocenters. The van der Waals surface area contributed by atoms with E-state index in [-0.39, 0.29) is 17.5 Å². The van der Waals surface area contributed by atoms with Gasteiger partial charge >= 0.3 is 0 Å². The van der Waals surface area contributed by atoms with E-state index in [2.05, 4.69) is 26.1 Å². The lowest BCUT2D eigenvalue weighted by Gasteiger charge is -2.23. The summed E-state index contributed by atoms with van der Waals surface area (Å²) in [5, 5.41) is 3.33. The van der Waals surface area contributed by atoms with Gasteiger partial charge in [-0.25, -0.2) is 4.39 Å². The highest BCUT2D eigenvalue weighted by Crippen LogP contribution is 2.24. The molecule has 0 amide bonds. The van der Waals surface area contributed by atoms with Crippen LogP contribution in [0, 0.1) is 5.82 Å². The number of halogens is 1. The van der Waals surface area contributed by atoms with Gasteiger partial charge in [-0.05, 0) is 33.8 Å². The number of rotatable bonds is 6. The molecule has 0 radical (unpaired) electrons. The average Bonchev–Trinajstić information content (AvgIpc) is 2.29. The Bertz CT molecular complexity index is 402. The van der Waals surface area contributed by atoms with Crippen LogP contribution in [0.15, 0.2) is 18.2 Å². The number of benzene rings is 1. The van der Waals surface area contributed by atoms with Crippen LogP contribution in [-0.2, 0) is 11.3 Å². The van der Waals surface area contributed by atoms with Crippen LogP contribution < -0.4 is 10.1 Å². The fourth-order valence-electron chi connectivity index (χ4n) is 1.65. The number of methoxy groups -OCH3 is 1. The molecule has 0 spiro atoms. The smallest absolute Gasteiger partial charge is 0.165 e. The largest absolute Gasteiger partial charge is 0.485 e. The van der Waals surface area contributed by atoms with E-state index in [1.807, 2.05) is 13.0 Å². The maximum absolute atomic E-state index is 13.9. The van der Waals surface area contributed by atoms with Crippen molar-refractivity contribution in [2.24, 2.45) is 0 Å². The van der Waals surface area contributed by atoms with Gasteiger partial charge in [0.2, 0.25) is 0 Å². The molecule has 0 aliphatic carbocycles. The van der Waals surface area contributed by atoms with Crippen molar-refractivity contribution in [1.82, 2.24) is 5.32 Å². The lowest BCUT2D eigenvalue weighted by Crippen LogP contribution is -2.35. The van der Waals surface area contributed by atoms with E-state index in [1.165, 1.54) is 6.07 Å². The minimum Gasteiger partial charge on any atom is -0.485 e. The topological polar surface area (TPSA) is 30.5 Å². The van der Waals surface area contributed by atoms with E-state index < -0.39 is 0 Å². The third kappa shape index (κ3) is 5.57. The molecule has 1 aromatic carbocycles. The Morgan fingerprint density at radius 2 is 2.00 bits per heavy atom. The molecule has 3 nitrogen and oxygen atoms in total. The summed E-state index contributed by atoms with van der Waals surface area (Å²) in [4.78, 5) is 0. The van der Waals surface area contributed by atoms with Crippen LogP contribution in [0.5, 0.6) is 5.75 Å². The van der Waals surface area contributed by atoms with Crippen molar-refractivity contribution in [1.29, 1.82) is 0 Å². The molecule has 0 aliphatic rings. The van der Waals surface area contributed by atoms with E-state index >= 15 is 0 Å². The van der Waals surface area contributed by atoms with Crippen LogP contribution >= 0.6 is 0 Å². The first-order valence-electron chi connectivity index (χ1n) is 6.51. The van der Waals surface area contributed by atoms with Crippen LogP contribution in [0.25, 0.3) is 0 Å². The normalized spacial score (nSPS) is 13.4. The molecule has 0 saturated carbocycles. The molecule has 4 heteroatoms. The lowest BCUT2D eigenvalue weighted by atomic mass is 10.1. The molecule has 1 rings (SSSR count). The SMILES string of the molecule is COCC(C)Oc1c(F)cccc1CNC(C)(C)C. The first-order chi connectivity index (χ1) is 8.83. The maximum Gasteiger partial charge on any atom is 0.165 e. The van der Waals surface area contributed by atoms with Crippen LogP contribution in [-0.4, -0.2) is 25.4 Å². The van der Waals surface area contributed by atoms with Gasteiger partial charge in [0, 0.05) is 24.8 Å². The van der Waals surface area contributed by atoms with E-state index in [0.29, 0.717) is 18.9 Å². The molecule has 0 bridgehead atoms. The van der Waals surface area contributed by atoms with Gasteiger partial charge in [-0.15, -0.1) is 0 Å². The van der Waals surface area contributed by atoms with Gasteiger partial charge in [0.25, 0.3) is 0 Å². The summed E-state index contributed by atoms with van der Waals surface area (Å²) in [6.07, 6.45) is -0.185. The van der Waals surface area contributed by atoms with E-state index in [1.54, 1.807) is 13.2 Å². The number of ether oxygens (including phenoxy) is 2. The Hall–Kier alpha value is -1.13. The predicted octanol–water partition coefficient (Wildman–Crippen LogP) is 3.13. The molecule has 1 aromatic rings. The average molecular weight is 269 g/mol. The van der Waals surface area contributed by atoms with Crippen LogP contribution in [0.4, 0.5) is 4.39 Å². The lowest BCUT2D eigenvalue weighted by molar-refractivity contribution is 0.0884. The van der Waals surface area contributed by atoms with Crippen molar-refractivity contribution in [2.75, 3.05) is 13.7 Å². The third-order valence-corrected chi connectivity index (χ3v) is 2.58. The summed E-state index contributed by atoms with van der Waals surface area (Å²) in [7, 11) is 1.60. The molecule has 19 heavy (non-hydrogen) atoms. The monoisotopic (exact) mass is 269 g/mol. The quantitative estimate of drug-likeness (QED) is 0.860. The molecule has 0 aliphatic heterocycles. The summed E-state index contributed by atoms with van der Waals surface area (Å²) in [5.74, 6) is -0.0278. The zero-order chi connectivity index (χ0) is 14.5. The van der Waals surface area contributed by atoms with Crippen molar-refractivity contribution < 1.29 is 13.9 Å².